The van der Waals surface area contributed by atoms with Crippen LogP contribution in [0.25, 0.3) is 11.0 Å². The predicted octanol–water partition coefficient (Wildman–Crippen LogP) is 1.23. The van der Waals surface area contributed by atoms with Crippen LogP contribution in [0, 0.1) is 0 Å². The molecular weight excluding hydrogens is 152 g/mol. The van der Waals surface area contributed by atoms with Gasteiger partial charge in [-0.1, -0.05) is 0 Å². The topological polar surface area (TPSA) is 54.5 Å². The van der Waals surface area contributed by atoms with E-state index in [1.165, 1.54) is 19.2 Å². The molecule has 0 atom stereocenters. The van der Waals surface area contributed by atoms with E-state index in [4.69, 9.17) is 0 Å². The van der Waals surface area contributed by atoms with Crippen molar-refractivity contribution in [3.8, 4) is 0 Å². The summed E-state index contributed by atoms with van der Waals surface area (Å²) in [6.45, 7) is 0. The molecule has 0 aliphatic heterocycles. The molecule has 2 aromatic heterocycles. The van der Waals surface area contributed by atoms with Crippen molar-refractivity contribution in [3.63, 3.8) is 0 Å². The van der Waals surface area contributed by atoms with Gasteiger partial charge in [0.15, 0.2) is 5.65 Å². The monoisotopic (exact) mass is 160 g/mol. The Balaban J connectivity index is 2.30. The molecule has 1 saturated carbocycles. The lowest BCUT2D eigenvalue weighted by atomic mass is 10.2. The quantitative estimate of drug-likeness (QED) is 0.682. The molecule has 1 N–H and O–H groups in total. The minimum absolute atomic E-state index is 0.657. The van der Waals surface area contributed by atoms with Gasteiger partial charge in [-0.05, 0) is 12.8 Å². The molecule has 1 aliphatic rings. The van der Waals surface area contributed by atoms with E-state index in [-0.39, 0.29) is 0 Å². The molecule has 4 heteroatoms. The van der Waals surface area contributed by atoms with E-state index in [0.717, 1.165) is 16.7 Å². The molecule has 2 aromatic rings. The highest BCUT2D eigenvalue weighted by molar-refractivity contribution is 5.77. The first-order valence-corrected chi connectivity index (χ1v) is 4.09. The molecule has 0 spiro atoms. The Kier molecular flexibility index (Phi) is 1.03. The molecule has 0 unspecified atom stereocenters. The van der Waals surface area contributed by atoms with Gasteiger partial charge in [0, 0.05) is 12.1 Å². The molecular formula is C8H8N4. The fourth-order valence-electron chi connectivity index (χ4n) is 1.45. The largest absolute Gasteiger partial charge is 0.260 e. The van der Waals surface area contributed by atoms with Crippen LogP contribution in [0.4, 0.5) is 0 Å². The number of hydrogen-bond acceptors (Lipinski definition) is 3. The second kappa shape index (κ2) is 2.03. The van der Waals surface area contributed by atoms with Gasteiger partial charge in [-0.2, -0.15) is 5.10 Å². The minimum atomic E-state index is 0.657. The maximum atomic E-state index is 4.23. The Bertz CT molecular complexity index is 416. The summed E-state index contributed by atoms with van der Waals surface area (Å²) < 4.78 is 0. The van der Waals surface area contributed by atoms with Gasteiger partial charge in [-0.25, -0.2) is 9.97 Å². The van der Waals surface area contributed by atoms with Crippen LogP contribution in [0.5, 0.6) is 0 Å². The Morgan fingerprint density at radius 3 is 3.17 bits per heavy atom. The van der Waals surface area contributed by atoms with Crippen molar-refractivity contribution >= 4 is 11.0 Å². The average molecular weight is 160 g/mol. The van der Waals surface area contributed by atoms with Crippen LogP contribution in [-0.2, 0) is 0 Å². The van der Waals surface area contributed by atoms with E-state index in [1.807, 2.05) is 6.20 Å². The molecule has 0 amide bonds. The molecule has 0 radical (unpaired) electrons. The SMILES string of the molecule is c1ncc2c(C3CC3)n[nH]c2n1. The third-order valence-corrected chi connectivity index (χ3v) is 2.23. The lowest BCUT2D eigenvalue weighted by Gasteiger charge is -1.88. The highest BCUT2D eigenvalue weighted by atomic mass is 15.2. The molecule has 1 fully saturated rings. The van der Waals surface area contributed by atoms with Crippen LogP contribution in [0.1, 0.15) is 24.5 Å². The Morgan fingerprint density at radius 2 is 2.33 bits per heavy atom. The maximum Gasteiger partial charge on any atom is 0.158 e. The van der Waals surface area contributed by atoms with Crippen molar-refractivity contribution in [2.45, 2.75) is 18.8 Å². The normalized spacial score (nSPS) is 17.0. The fourth-order valence-corrected chi connectivity index (χ4v) is 1.45. The Hall–Kier alpha value is -1.45. The summed E-state index contributed by atoms with van der Waals surface area (Å²) in [7, 11) is 0. The molecule has 60 valence electrons. The maximum absolute atomic E-state index is 4.23. The Morgan fingerprint density at radius 1 is 1.42 bits per heavy atom. The van der Waals surface area contributed by atoms with Gasteiger partial charge in [0.2, 0.25) is 0 Å². The molecule has 3 rings (SSSR count). The van der Waals surface area contributed by atoms with Crippen LogP contribution in [-0.4, -0.2) is 20.2 Å². The number of fused-ring (bicyclic) bond motifs is 1. The third kappa shape index (κ3) is 0.747. The number of H-pyrrole nitrogens is 1. The van der Waals surface area contributed by atoms with Gasteiger partial charge in [0.25, 0.3) is 0 Å². The number of hydrogen-bond donors (Lipinski definition) is 1. The fraction of sp³-hybridized carbons (Fsp3) is 0.375. The predicted molar refractivity (Wildman–Crippen MR) is 43.7 cm³/mol. The number of nitrogens with one attached hydrogen (secondary N) is 1. The zero-order chi connectivity index (χ0) is 7.97. The molecule has 0 aromatic carbocycles. The van der Waals surface area contributed by atoms with Gasteiger partial charge >= 0.3 is 0 Å². The molecule has 4 nitrogen and oxygen atoms in total. The number of rotatable bonds is 1. The molecule has 0 bridgehead atoms. The summed E-state index contributed by atoms with van der Waals surface area (Å²) in [5.41, 5.74) is 2.00. The van der Waals surface area contributed by atoms with Crippen molar-refractivity contribution in [2.75, 3.05) is 0 Å². The Labute approximate surface area is 69.0 Å². The summed E-state index contributed by atoms with van der Waals surface area (Å²) in [6, 6.07) is 0. The van der Waals surface area contributed by atoms with E-state index in [1.54, 1.807) is 0 Å². The van der Waals surface area contributed by atoms with Crippen LogP contribution in [0.15, 0.2) is 12.5 Å². The van der Waals surface area contributed by atoms with E-state index in [2.05, 4.69) is 20.2 Å². The van der Waals surface area contributed by atoms with E-state index < -0.39 is 0 Å². The first-order valence-electron chi connectivity index (χ1n) is 4.09. The van der Waals surface area contributed by atoms with Crippen molar-refractivity contribution in [2.24, 2.45) is 0 Å². The summed E-state index contributed by atoms with van der Waals surface area (Å²) in [4.78, 5) is 8.07. The number of aromatic amines is 1. The first-order chi connectivity index (χ1) is 5.95. The average Bonchev–Trinajstić information content (AvgIpc) is 2.86. The van der Waals surface area contributed by atoms with Gasteiger partial charge in [0.05, 0.1) is 11.1 Å². The lowest BCUT2D eigenvalue weighted by Crippen LogP contribution is -1.80. The van der Waals surface area contributed by atoms with Crippen molar-refractivity contribution in [1.29, 1.82) is 0 Å². The second-order valence-electron chi connectivity index (χ2n) is 3.17. The van der Waals surface area contributed by atoms with Crippen molar-refractivity contribution < 1.29 is 0 Å². The van der Waals surface area contributed by atoms with Crippen LogP contribution in [0.3, 0.4) is 0 Å². The zero-order valence-electron chi connectivity index (χ0n) is 6.49. The molecule has 2 heterocycles. The van der Waals surface area contributed by atoms with E-state index >= 15 is 0 Å². The summed E-state index contributed by atoms with van der Waals surface area (Å²) in [6.07, 6.45) is 5.89. The molecule has 1 aliphatic carbocycles. The number of aromatic nitrogens is 4. The van der Waals surface area contributed by atoms with E-state index in [9.17, 15) is 0 Å². The van der Waals surface area contributed by atoms with Crippen LogP contribution >= 0.6 is 0 Å². The summed E-state index contributed by atoms with van der Waals surface area (Å²) in [5.74, 6) is 0.657. The van der Waals surface area contributed by atoms with Gasteiger partial charge < -0.3 is 0 Å². The lowest BCUT2D eigenvalue weighted by molar-refractivity contribution is 0.974. The zero-order valence-corrected chi connectivity index (χ0v) is 6.49. The summed E-state index contributed by atoms with van der Waals surface area (Å²) >= 11 is 0. The van der Waals surface area contributed by atoms with Crippen molar-refractivity contribution in [1.82, 2.24) is 20.2 Å². The molecule has 0 saturated heterocycles. The standard InChI is InChI=1S/C8H8N4/c1-2-5(1)7-6-3-9-4-10-8(6)12-11-7/h3-5H,1-2H2,(H,9,10,11,12). The molecule has 12 heavy (non-hydrogen) atoms. The number of nitrogens with zero attached hydrogens (tertiary/aromatic N) is 3. The first kappa shape index (κ1) is 6.11. The van der Waals surface area contributed by atoms with Crippen LogP contribution in [0.2, 0.25) is 0 Å². The van der Waals surface area contributed by atoms with Crippen molar-refractivity contribution in [3.05, 3.63) is 18.2 Å². The smallest absolute Gasteiger partial charge is 0.158 e. The minimum Gasteiger partial charge on any atom is -0.260 e. The van der Waals surface area contributed by atoms with Gasteiger partial charge in [-0.3, -0.25) is 5.10 Å². The summed E-state index contributed by atoms with van der Waals surface area (Å²) in [5, 5.41) is 8.22. The van der Waals surface area contributed by atoms with Gasteiger partial charge in [-0.15, -0.1) is 0 Å². The highest BCUT2D eigenvalue weighted by Gasteiger charge is 2.28. The second-order valence-corrected chi connectivity index (χ2v) is 3.17. The highest BCUT2D eigenvalue weighted by Crippen LogP contribution is 2.41. The van der Waals surface area contributed by atoms with Crippen LogP contribution < -0.4 is 0 Å². The van der Waals surface area contributed by atoms with Gasteiger partial charge in [0.1, 0.15) is 6.33 Å². The van der Waals surface area contributed by atoms with E-state index in [0.29, 0.717) is 5.92 Å². The third-order valence-electron chi connectivity index (χ3n) is 2.23.